The fourth-order valence-electron chi connectivity index (χ4n) is 3.70. The summed E-state index contributed by atoms with van der Waals surface area (Å²) in [5, 5.41) is 13.8. The molecule has 0 spiro atoms. The summed E-state index contributed by atoms with van der Waals surface area (Å²) in [6, 6.07) is 14.0. The second-order valence-electron chi connectivity index (χ2n) is 7.44. The van der Waals surface area contributed by atoms with Gasteiger partial charge in [-0.3, -0.25) is 4.79 Å². The second kappa shape index (κ2) is 10.0. The van der Waals surface area contributed by atoms with E-state index in [9.17, 15) is 14.7 Å². The van der Waals surface area contributed by atoms with E-state index in [4.69, 9.17) is 0 Å². The fourth-order valence-corrected chi connectivity index (χ4v) is 3.70. The number of para-hydroxylation sites is 2. The molecule has 3 aromatic rings. The predicted octanol–water partition coefficient (Wildman–Crippen LogP) is 5.32. The van der Waals surface area contributed by atoms with Crippen LogP contribution in [-0.2, 0) is 4.79 Å². The third kappa shape index (κ3) is 5.11. The van der Waals surface area contributed by atoms with Crippen LogP contribution in [0.1, 0.15) is 62.2 Å². The highest BCUT2D eigenvalue weighted by atomic mass is 16.4. The third-order valence-corrected chi connectivity index (χ3v) is 5.26. The Morgan fingerprint density at radius 3 is 2.03 bits per heavy atom. The maximum Gasteiger partial charge on any atom is 0.326 e. The van der Waals surface area contributed by atoms with E-state index in [2.05, 4.69) is 17.2 Å². The molecule has 0 bridgehead atoms. The fraction of sp³-hybridized carbons (Fsp3) is 0.375. The molecule has 29 heavy (non-hydrogen) atoms. The molecule has 2 N–H and O–H groups in total. The van der Waals surface area contributed by atoms with Crippen molar-refractivity contribution in [2.45, 2.75) is 57.9 Å². The zero-order valence-electron chi connectivity index (χ0n) is 16.9. The van der Waals surface area contributed by atoms with Crippen molar-refractivity contribution in [1.29, 1.82) is 0 Å². The molecule has 3 rings (SSSR count). The molecule has 0 fully saturated rings. The van der Waals surface area contributed by atoms with Gasteiger partial charge in [-0.05, 0) is 18.6 Å². The molecule has 1 aromatic heterocycles. The van der Waals surface area contributed by atoms with Crippen LogP contribution in [-0.4, -0.2) is 28.0 Å². The molecule has 1 atom stereocenters. The maximum atomic E-state index is 13.2. The molecule has 0 aliphatic heterocycles. The number of unbranched alkanes of at least 4 members (excludes halogenated alkanes) is 5. The van der Waals surface area contributed by atoms with Crippen LogP contribution >= 0.6 is 0 Å². The van der Waals surface area contributed by atoms with Crippen molar-refractivity contribution >= 4 is 33.7 Å². The van der Waals surface area contributed by atoms with Crippen molar-refractivity contribution in [2.75, 3.05) is 0 Å². The van der Waals surface area contributed by atoms with Crippen LogP contribution in [0.2, 0.25) is 0 Å². The summed E-state index contributed by atoms with van der Waals surface area (Å²) < 4.78 is 0. The van der Waals surface area contributed by atoms with Gasteiger partial charge in [-0.15, -0.1) is 0 Å². The van der Waals surface area contributed by atoms with Gasteiger partial charge in [0.15, 0.2) is 0 Å². The van der Waals surface area contributed by atoms with Gasteiger partial charge in [-0.2, -0.15) is 0 Å². The Kier molecular flexibility index (Phi) is 7.17. The number of rotatable bonds is 10. The molecule has 0 saturated heterocycles. The first-order valence-corrected chi connectivity index (χ1v) is 10.4. The van der Waals surface area contributed by atoms with E-state index in [1.54, 1.807) is 0 Å². The average molecular weight is 392 g/mol. The minimum absolute atomic E-state index is 0.363. The van der Waals surface area contributed by atoms with E-state index in [0.29, 0.717) is 12.0 Å². The van der Waals surface area contributed by atoms with Gasteiger partial charge in [0.2, 0.25) is 0 Å². The smallest absolute Gasteiger partial charge is 0.326 e. The molecule has 1 amide bonds. The Morgan fingerprint density at radius 2 is 1.45 bits per heavy atom. The van der Waals surface area contributed by atoms with E-state index in [0.717, 1.165) is 41.1 Å². The van der Waals surface area contributed by atoms with Crippen molar-refractivity contribution in [2.24, 2.45) is 0 Å². The SMILES string of the molecule is CCCCCCCC[C@H](NC(=O)c1c2ccccc2nc2ccccc12)C(=O)O. The third-order valence-electron chi connectivity index (χ3n) is 5.26. The normalized spacial score (nSPS) is 12.2. The summed E-state index contributed by atoms with van der Waals surface area (Å²) in [6.07, 6.45) is 6.89. The van der Waals surface area contributed by atoms with Crippen LogP contribution in [0.5, 0.6) is 0 Å². The molecule has 0 radical (unpaired) electrons. The highest BCUT2D eigenvalue weighted by Crippen LogP contribution is 2.26. The van der Waals surface area contributed by atoms with E-state index >= 15 is 0 Å². The molecule has 0 aliphatic carbocycles. The number of amides is 1. The van der Waals surface area contributed by atoms with Crippen LogP contribution in [0, 0.1) is 0 Å². The topological polar surface area (TPSA) is 79.3 Å². The summed E-state index contributed by atoms with van der Waals surface area (Å²) in [4.78, 5) is 29.5. The Balaban J connectivity index is 1.81. The van der Waals surface area contributed by atoms with Crippen LogP contribution < -0.4 is 5.32 Å². The first-order valence-electron chi connectivity index (χ1n) is 10.4. The lowest BCUT2D eigenvalue weighted by Crippen LogP contribution is -2.40. The van der Waals surface area contributed by atoms with Crippen molar-refractivity contribution in [1.82, 2.24) is 10.3 Å². The number of aromatic nitrogens is 1. The molecule has 0 aliphatic rings. The summed E-state index contributed by atoms with van der Waals surface area (Å²) in [5.41, 5.74) is 1.93. The first-order chi connectivity index (χ1) is 14.1. The summed E-state index contributed by atoms with van der Waals surface area (Å²) in [6.45, 7) is 2.17. The Bertz CT molecular complexity index is 946. The summed E-state index contributed by atoms with van der Waals surface area (Å²) in [5.74, 6) is -1.35. The molecule has 5 nitrogen and oxygen atoms in total. The summed E-state index contributed by atoms with van der Waals surface area (Å²) in [7, 11) is 0. The van der Waals surface area contributed by atoms with Crippen LogP contribution in [0.15, 0.2) is 48.5 Å². The van der Waals surface area contributed by atoms with Gasteiger partial charge in [-0.1, -0.05) is 81.8 Å². The molecule has 1 heterocycles. The molecule has 0 unspecified atom stereocenters. The van der Waals surface area contributed by atoms with Gasteiger partial charge in [0, 0.05) is 10.8 Å². The minimum Gasteiger partial charge on any atom is -0.480 e. The van der Waals surface area contributed by atoms with Crippen molar-refractivity contribution in [3.8, 4) is 0 Å². The number of benzene rings is 2. The van der Waals surface area contributed by atoms with E-state index in [-0.39, 0.29) is 5.91 Å². The molecule has 5 heteroatoms. The Labute approximate surface area is 171 Å². The van der Waals surface area contributed by atoms with Crippen molar-refractivity contribution in [3.05, 3.63) is 54.1 Å². The monoisotopic (exact) mass is 392 g/mol. The molecule has 2 aromatic carbocycles. The number of pyridine rings is 1. The molecular weight excluding hydrogens is 364 g/mol. The van der Waals surface area contributed by atoms with Gasteiger partial charge in [-0.25, -0.2) is 9.78 Å². The number of hydrogen-bond acceptors (Lipinski definition) is 3. The van der Waals surface area contributed by atoms with Gasteiger partial charge in [0.05, 0.1) is 16.6 Å². The number of hydrogen-bond donors (Lipinski definition) is 2. The number of carboxylic acid groups (broad SMARTS) is 1. The number of fused-ring (bicyclic) bond motifs is 2. The van der Waals surface area contributed by atoms with Crippen molar-refractivity contribution in [3.63, 3.8) is 0 Å². The number of carbonyl (C=O) groups excluding carboxylic acids is 1. The van der Waals surface area contributed by atoms with Gasteiger partial charge in [0.1, 0.15) is 6.04 Å². The molecular formula is C24H28N2O3. The zero-order chi connectivity index (χ0) is 20.6. The van der Waals surface area contributed by atoms with Gasteiger partial charge in [0.25, 0.3) is 5.91 Å². The first kappa shape index (κ1) is 20.8. The maximum absolute atomic E-state index is 13.2. The number of carboxylic acids is 1. The lowest BCUT2D eigenvalue weighted by atomic mass is 10.0. The van der Waals surface area contributed by atoms with E-state index in [1.807, 2.05) is 48.5 Å². The largest absolute Gasteiger partial charge is 0.480 e. The zero-order valence-corrected chi connectivity index (χ0v) is 16.9. The van der Waals surface area contributed by atoms with E-state index in [1.165, 1.54) is 19.3 Å². The van der Waals surface area contributed by atoms with Crippen LogP contribution in [0.25, 0.3) is 21.8 Å². The average Bonchev–Trinajstić information content (AvgIpc) is 2.73. The lowest BCUT2D eigenvalue weighted by molar-refractivity contribution is -0.139. The molecule has 0 saturated carbocycles. The standard InChI is InChI=1S/C24H28N2O3/c1-2-3-4-5-6-7-16-21(24(28)29)26-23(27)22-17-12-8-10-14-19(17)25-20-15-11-9-13-18(20)22/h8-15,21H,2-7,16H2,1H3,(H,26,27)(H,28,29)/t21-/m0/s1. The van der Waals surface area contributed by atoms with Crippen LogP contribution in [0.4, 0.5) is 0 Å². The van der Waals surface area contributed by atoms with Gasteiger partial charge >= 0.3 is 5.97 Å². The Hall–Kier alpha value is -2.95. The highest BCUT2D eigenvalue weighted by Gasteiger charge is 2.23. The second-order valence-corrected chi connectivity index (χ2v) is 7.44. The quantitative estimate of drug-likeness (QED) is 0.361. The minimum atomic E-state index is -0.991. The van der Waals surface area contributed by atoms with E-state index < -0.39 is 12.0 Å². The molecule has 152 valence electrons. The number of aliphatic carboxylic acids is 1. The number of nitrogens with one attached hydrogen (secondary N) is 1. The van der Waals surface area contributed by atoms with Crippen molar-refractivity contribution < 1.29 is 14.7 Å². The predicted molar refractivity (Wildman–Crippen MR) is 116 cm³/mol. The van der Waals surface area contributed by atoms with Crippen LogP contribution in [0.3, 0.4) is 0 Å². The number of nitrogens with zero attached hydrogens (tertiary/aromatic N) is 1. The highest BCUT2D eigenvalue weighted by molar-refractivity contribution is 6.16. The van der Waals surface area contributed by atoms with Gasteiger partial charge < -0.3 is 10.4 Å². The Morgan fingerprint density at radius 1 is 0.897 bits per heavy atom. The lowest BCUT2D eigenvalue weighted by Gasteiger charge is -2.16. The summed E-state index contributed by atoms with van der Waals surface area (Å²) >= 11 is 0. The number of carbonyl (C=O) groups is 2.